The van der Waals surface area contributed by atoms with Gasteiger partial charge in [-0.3, -0.25) is 4.79 Å². The number of benzene rings is 1. The van der Waals surface area contributed by atoms with Crippen LogP contribution in [0.2, 0.25) is 0 Å². The highest BCUT2D eigenvalue weighted by Gasteiger charge is 2.39. The summed E-state index contributed by atoms with van der Waals surface area (Å²) in [6.07, 6.45) is 4.69. The maximum absolute atomic E-state index is 12.5. The predicted molar refractivity (Wildman–Crippen MR) is 83.4 cm³/mol. The largest absolute Gasteiger partial charge is 0.313 e. The lowest BCUT2D eigenvalue weighted by molar-refractivity contribution is 0.0967. The SMILES string of the molecule is O=C(CC1NCC2CCCC21)c1cc2ccccc2s1. The zero-order valence-corrected chi connectivity index (χ0v) is 12.3. The fourth-order valence-electron chi connectivity index (χ4n) is 3.95. The summed E-state index contributed by atoms with van der Waals surface area (Å²) in [7, 11) is 0. The van der Waals surface area contributed by atoms with Gasteiger partial charge in [0.05, 0.1) is 4.88 Å². The molecule has 2 fully saturated rings. The lowest BCUT2D eigenvalue weighted by Crippen LogP contribution is -2.29. The van der Waals surface area contributed by atoms with Crippen molar-refractivity contribution in [1.82, 2.24) is 5.32 Å². The molecule has 0 bridgehead atoms. The molecule has 20 heavy (non-hydrogen) atoms. The van der Waals surface area contributed by atoms with Gasteiger partial charge in [-0.2, -0.15) is 0 Å². The van der Waals surface area contributed by atoms with Crippen molar-refractivity contribution >= 4 is 27.2 Å². The first-order valence-corrected chi connectivity index (χ1v) is 8.38. The highest BCUT2D eigenvalue weighted by molar-refractivity contribution is 7.20. The molecule has 104 valence electrons. The lowest BCUT2D eigenvalue weighted by Gasteiger charge is -2.16. The minimum atomic E-state index is 0.316. The molecule has 3 unspecified atom stereocenters. The molecule has 1 aromatic heterocycles. The molecule has 1 saturated heterocycles. The van der Waals surface area contributed by atoms with E-state index in [9.17, 15) is 4.79 Å². The molecule has 0 spiro atoms. The van der Waals surface area contributed by atoms with Gasteiger partial charge in [-0.25, -0.2) is 0 Å². The molecule has 0 radical (unpaired) electrons. The Morgan fingerprint density at radius 2 is 2.20 bits per heavy atom. The number of fused-ring (bicyclic) bond motifs is 2. The zero-order valence-electron chi connectivity index (χ0n) is 11.5. The number of carbonyl (C=O) groups is 1. The standard InChI is InChI=1S/C17H19NOS/c19-15(9-14-13-6-3-5-12(13)10-18-14)17-8-11-4-1-2-7-16(11)20-17/h1-2,4,7-8,12-14,18H,3,5-6,9-10H2. The van der Waals surface area contributed by atoms with Gasteiger partial charge in [-0.15, -0.1) is 11.3 Å². The normalized spacial score (nSPS) is 28.9. The second-order valence-electron chi connectivity index (χ2n) is 6.15. The van der Waals surface area contributed by atoms with Crippen LogP contribution in [0.5, 0.6) is 0 Å². The minimum absolute atomic E-state index is 0.316. The van der Waals surface area contributed by atoms with Crippen LogP contribution in [0.1, 0.15) is 35.4 Å². The van der Waals surface area contributed by atoms with Gasteiger partial charge in [0.1, 0.15) is 0 Å². The molecule has 3 atom stereocenters. The summed E-state index contributed by atoms with van der Waals surface area (Å²) in [5.74, 6) is 1.89. The Morgan fingerprint density at radius 1 is 1.30 bits per heavy atom. The summed E-state index contributed by atoms with van der Waals surface area (Å²) in [6, 6.07) is 10.7. The van der Waals surface area contributed by atoms with E-state index in [1.165, 1.54) is 29.3 Å². The molecule has 2 heterocycles. The molecule has 3 heteroatoms. The van der Waals surface area contributed by atoms with E-state index in [0.717, 1.165) is 23.3 Å². The molecule has 1 saturated carbocycles. The fraction of sp³-hybridized carbons (Fsp3) is 0.471. The molecule has 2 nitrogen and oxygen atoms in total. The van der Waals surface area contributed by atoms with Gasteiger partial charge in [0.15, 0.2) is 5.78 Å². The average molecular weight is 285 g/mol. The maximum atomic E-state index is 12.5. The number of nitrogens with one attached hydrogen (secondary N) is 1. The molecule has 4 rings (SSSR count). The van der Waals surface area contributed by atoms with Crippen LogP contribution < -0.4 is 5.32 Å². The number of hydrogen-bond acceptors (Lipinski definition) is 3. The Kier molecular flexibility index (Phi) is 3.12. The van der Waals surface area contributed by atoms with Gasteiger partial charge < -0.3 is 5.32 Å². The first kappa shape index (κ1) is 12.5. The van der Waals surface area contributed by atoms with Gasteiger partial charge in [0.25, 0.3) is 0 Å². The molecule has 1 aliphatic carbocycles. The summed E-state index contributed by atoms with van der Waals surface area (Å²) in [6.45, 7) is 1.12. The lowest BCUT2D eigenvalue weighted by atomic mass is 9.91. The summed E-state index contributed by atoms with van der Waals surface area (Å²) < 4.78 is 1.22. The summed E-state index contributed by atoms with van der Waals surface area (Å²) in [4.78, 5) is 13.5. The van der Waals surface area contributed by atoms with Crippen LogP contribution in [-0.2, 0) is 0 Å². The van der Waals surface area contributed by atoms with Gasteiger partial charge >= 0.3 is 0 Å². The van der Waals surface area contributed by atoms with Crippen LogP contribution in [0.3, 0.4) is 0 Å². The average Bonchev–Trinajstić information content (AvgIpc) is 3.13. The maximum Gasteiger partial charge on any atom is 0.174 e. The van der Waals surface area contributed by atoms with Crippen molar-refractivity contribution in [2.24, 2.45) is 11.8 Å². The zero-order chi connectivity index (χ0) is 13.5. The van der Waals surface area contributed by atoms with E-state index in [-0.39, 0.29) is 0 Å². The van der Waals surface area contributed by atoms with E-state index >= 15 is 0 Å². The molecule has 1 aliphatic heterocycles. The van der Waals surface area contributed by atoms with Crippen molar-refractivity contribution in [2.45, 2.75) is 31.7 Å². The third-order valence-electron chi connectivity index (χ3n) is 4.98. The van der Waals surface area contributed by atoms with Gasteiger partial charge in [0, 0.05) is 17.2 Å². The van der Waals surface area contributed by atoms with E-state index in [2.05, 4.69) is 23.5 Å². The van der Waals surface area contributed by atoms with E-state index < -0.39 is 0 Å². The fourth-order valence-corrected chi connectivity index (χ4v) is 4.96. The number of rotatable bonds is 3. The van der Waals surface area contributed by atoms with E-state index in [1.54, 1.807) is 11.3 Å². The van der Waals surface area contributed by atoms with Crippen molar-refractivity contribution in [2.75, 3.05) is 6.54 Å². The number of hydrogen-bond donors (Lipinski definition) is 1. The van der Waals surface area contributed by atoms with Crippen LogP contribution in [-0.4, -0.2) is 18.4 Å². The first-order valence-electron chi connectivity index (χ1n) is 7.56. The molecule has 2 aromatic rings. The Morgan fingerprint density at radius 3 is 3.10 bits per heavy atom. The predicted octanol–water partition coefficient (Wildman–Crippen LogP) is 3.86. The third kappa shape index (κ3) is 2.09. The summed E-state index contributed by atoms with van der Waals surface area (Å²) >= 11 is 1.64. The Balaban J connectivity index is 1.52. The number of Topliss-reactive ketones (excluding diaryl/α,β-unsaturated/α-hetero) is 1. The molecule has 0 amide bonds. The quantitative estimate of drug-likeness (QED) is 0.868. The second kappa shape index (κ2) is 4.97. The molecule has 1 N–H and O–H groups in total. The van der Waals surface area contributed by atoms with E-state index in [1.807, 2.05) is 12.1 Å². The van der Waals surface area contributed by atoms with Crippen LogP contribution in [0.25, 0.3) is 10.1 Å². The molecular formula is C17H19NOS. The smallest absolute Gasteiger partial charge is 0.174 e. The van der Waals surface area contributed by atoms with Gasteiger partial charge in [-0.1, -0.05) is 24.6 Å². The first-order chi connectivity index (χ1) is 9.81. The number of carbonyl (C=O) groups excluding carboxylic acids is 1. The van der Waals surface area contributed by atoms with E-state index in [0.29, 0.717) is 18.2 Å². The highest BCUT2D eigenvalue weighted by atomic mass is 32.1. The van der Waals surface area contributed by atoms with Crippen LogP contribution in [0.4, 0.5) is 0 Å². The minimum Gasteiger partial charge on any atom is -0.313 e. The van der Waals surface area contributed by atoms with Crippen LogP contribution >= 0.6 is 11.3 Å². The van der Waals surface area contributed by atoms with Crippen molar-refractivity contribution < 1.29 is 4.79 Å². The monoisotopic (exact) mass is 285 g/mol. The molecular weight excluding hydrogens is 266 g/mol. The third-order valence-corrected chi connectivity index (χ3v) is 6.14. The number of thiophene rings is 1. The number of ketones is 1. The van der Waals surface area contributed by atoms with E-state index in [4.69, 9.17) is 0 Å². The Labute approximate surface area is 123 Å². The van der Waals surface area contributed by atoms with Crippen molar-refractivity contribution in [3.05, 3.63) is 35.2 Å². The van der Waals surface area contributed by atoms with Gasteiger partial charge in [0.2, 0.25) is 0 Å². The summed E-state index contributed by atoms with van der Waals surface area (Å²) in [5.41, 5.74) is 0. The highest BCUT2D eigenvalue weighted by Crippen LogP contribution is 2.39. The van der Waals surface area contributed by atoms with Crippen LogP contribution in [0, 0.1) is 11.8 Å². The summed E-state index contributed by atoms with van der Waals surface area (Å²) in [5, 5.41) is 4.77. The second-order valence-corrected chi connectivity index (χ2v) is 7.23. The van der Waals surface area contributed by atoms with Crippen molar-refractivity contribution in [3.63, 3.8) is 0 Å². The topological polar surface area (TPSA) is 29.1 Å². The van der Waals surface area contributed by atoms with Crippen LogP contribution in [0.15, 0.2) is 30.3 Å². The van der Waals surface area contributed by atoms with Crippen molar-refractivity contribution in [3.8, 4) is 0 Å². The molecule has 2 aliphatic rings. The van der Waals surface area contributed by atoms with Gasteiger partial charge in [-0.05, 0) is 48.7 Å². The van der Waals surface area contributed by atoms with Crippen molar-refractivity contribution in [1.29, 1.82) is 0 Å². The molecule has 1 aromatic carbocycles. The Hall–Kier alpha value is -1.19. The Bertz CT molecular complexity index is 614.